The Labute approximate surface area is 299 Å². The number of fused-ring (bicyclic) bond motifs is 1. The van der Waals surface area contributed by atoms with Crippen LogP contribution < -0.4 is 16.0 Å². The normalized spacial score (nSPS) is 14.2. The number of ether oxygens (including phenoxy) is 1. The molecule has 2 atom stereocenters. The Bertz CT molecular complexity index is 1980. The van der Waals surface area contributed by atoms with Crippen LogP contribution in [-0.2, 0) is 22.4 Å². The van der Waals surface area contributed by atoms with Gasteiger partial charge in [0, 0.05) is 26.7 Å². The minimum Gasteiger partial charge on any atom is -0.465 e. The number of methoxy groups -OCH3 is 1. The maximum Gasteiger partial charge on any atom is 0.341 e. The third-order valence-electron chi connectivity index (χ3n) is 8.40. The van der Waals surface area contributed by atoms with E-state index in [1.807, 2.05) is 60.7 Å². The molecule has 7 nitrogen and oxygen atoms in total. The highest BCUT2D eigenvalue weighted by molar-refractivity contribution is 8.00. The second kappa shape index (κ2) is 15.6. The highest BCUT2D eigenvalue weighted by Gasteiger charge is 2.32. The van der Waals surface area contributed by atoms with Gasteiger partial charge in [0.05, 0.1) is 12.7 Å². The van der Waals surface area contributed by atoms with Crippen LogP contribution in [0.3, 0.4) is 0 Å². The van der Waals surface area contributed by atoms with Gasteiger partial charge in [0.2, 0.25) is 5.91 Å². The second-order valence-corrected chi connectivity index (χ2v) is 14.4. The van der Waals surface area contributed by atoms with Gasteiger partial charge in [-0.2, -0.15) is 0 Å². The van der Waals surface area contributed by atoms with Crippen LogP contribution in [0.1, 0.15) is 66.8 Å². The molecule has 1 heterocycles. The first-order valence-electron chi connectivity index (χ1n) is 15.9. The Morgan fingerprint density at radius 2 is 1.55 bits per heavy atom. The number of esters is 1. The summed E-state index contributed by atoms with van der Waals surface area (Å²) < 4.78 is 5.21. The van der Waals surface area contributed by atoms with E-state index in [1.54, 1.807) is 24.3 Å². The number of hydrogen-bond donors (Lipinski definition) is 3. The molecule has 1 amide bonds. The van der Waals surface area contributed by atoms with E-state index in [0.717, 1.165) is 51.5 Å². The Kier molecular flexibility index (Phi) is 10.9. The molecule has 0 fully saturated rings. The standard InChI is InChI=1S/C39H35N3O4S3/c1-24(43)25-16-19-29(20-17-25)40-39(47)41-30-14-9-15-31(23-30)48-35(27-12-7-4-8-13-27)36(44)42-37-34(38(45)46-2)32-21-18-28(22-33(32)49-37)26-10-5-3-6-11-26/h3-17,19-20,23,28,35H,18,21-22H2,1-2H3,(H,42,44)(H2,40,41,47). The van der Waals surface area contributed by atoms with Crippen LogP contribution >= 0.6 is 35.3 Å². The van der Waals surface area contributed by atoms with Crippen molar-refractivity contribution in [2.45, 2.75) is 42.2 Å². The lowest BCUT2D eigenvalue weighted by Gasteiger charge is -2.22. The molecule has 1 aromatic heterocycles. The van der Waals surface area contributed by atoms with Gasteiger partial charge in [-0.15, -0.1) is 23.1 Å². The number of ketones is 1. The molecule has 6 rings (SSSR count). The topological polar surface area (TPSA) is 96.5 Å². The monoisotopic (exact) mass is 705 g/mol. The molecule has 1 aliphatic carbocycles. The number of rotatable bonds is 10. The zero-order chi connectivity index (χ0) is 34.3. The van der Waals surface area contributed by atoms with Crippen LogP contribution in [0, 0.1) is 0 Å². The number of carbonyl (C=O) groups excluding carboxylic acids is 3. The minimum absolute atomic E-state index is 0.000514. The molecule has 2 unspecified atom stereocenters. The molecule has 0 radical (unpaired) electrons. The number of thiocarbonyl (C=S) groups is 1. The number of amides is 1. The van der Waals surface area contributed by atoms with Gasteiger partial charge in [-0.25, -0.2) is 4.79 Å². The quantitative estimate of drug-likeness (QED) is 0.0573. The Morgan fingerprint density at radius 1 is 0.857 bits per heavy atom. The number of anilines is 3. The minimum atomic E-state index is -0.608. The van der Waals surface area contributed by atoms with Crippen molar-refractivity contribution in [3.05, 3.63) is 142 Å². The predicted molar refractivity (Wildman–Crippen MR) is 203 cm³/mol. The average molecular weight is 706 g/mol. The highest BCUT2D eigenvalue weighted by atomic mass is 32.2. The van der Waals surface area contributed by atoms with Crippen molar-refractivity contribution < 1.29 is 19.1 Å². The summed E-state index contributed by atoms with van der Waals surface area (Å²) >= 11 is 8.43. The van der Waals surface area contributed by atoms with Crippen LogP contribution in [0.15, 0.2) is 114 Å². The van der Waals surface area contributed by atoms with E-state index in [9.17, 15) is 14.4 Å². The third kappa shape index (κ3) is 8.28. The Hall–Kier alpha value is -4.77. The molecular weight excluding hydrogens is 671 g/mol. The zero-order valence-electron chi connectivity index (χ0n) is 27.0. The van der Waals surface area contributed by atoms with Crippen molar-refractivity contribution in [1.29, 1.82) is 0 Å². The summed E-state index contributed by atoms with van der Waals surface area (Å²) in [5.74, 6) is -0.318. The number of thiophene rings is 1. The molecule has 0 saturated carbocycles. The van der Waals surface area contributed by atoms with Crippen molar-refractivity contribution in [3.8, 4) is 0 Å². The number of hydrogen-bond acceptors (Lipinski definition) is 7. The molecule has 0 saturated heterocycles. The summed E-state index contributed by atoms with van der Waals surface area (Å²) in [6.07, 6.45) is 2.47. The van der Waals surface area contributed by atoms with E-state index in [2.05, 4.69) is 40.2 Å². The molecule has 0 aliphatic heterocycles. The van der Waals surface area contributed by atoms with Gasteiger partial charge in [-0.05, 0) is 103 Å². The zero-order valence-corrected chi connectivity index (χ0v) is 29.5. The smallest absolute Gasteiger partial charge is 0.341 e. The van der Waals surface area contributed by atoms with Crippen molar-refractivity contribution in [1.82, 2.24) is 0 Å². The Morgan fingerprint density at radius 3 is 2.24 bits per heavy atom. The number of carbonyl (C=O) groups is 3. The summed E-state index contributed by atoms with van der Waals surface area (Å²) in [5.41, 5.74) is 5.68. The second-order valence-electron chi connectivity index (χ2n) is 11.7. The fourth-order valence-electron chi connectivity index (χ4n) is 5.94. The van der Waals surface area contributed by atoms with Gasteiger partial charge < -0.3 is 20.7 Å². The molecule has 3 N–H and O–H groups in total. The lowest BCUT2D eigenvalue weighted by molar-refractivity contribution is -0.115. The Balaban J connectivity index is 1.21. The molecule has 0 spiro atoms. The lowest BCUT2D eigenvalue weighted by Crippen LogP contribution is -2.20. The van der Waals surface area contributed by atoms with E-state index in [-0.39, 0.29) is 11.7 Å². The maximum atomic E-state index is 14.2. The summed E-state index contributed by atoms with van der Waals surface area (Å²) in [4.78, 5) is 40.8. The van der Waals surface area contributed by atoms with E-state index in [0.29, 0.717) is 27.2 Å². The average Bonchev–Trinajstić information content (AvgIpc) is 3.48. The van der Waals surface area contributed by atoms with Gasteiger partial charge in [-0.1, -0.05) is 66.7 Å². The number of benzene rings is 4. The van der Waals surface area contributed by atoms with Crippen LogP contribution in [0.4, 0.5) is 16.4 Å². The van der Waals surface area contributed by atoms with Crippen LogP contribution in [0.5, 0.6) is 0 Å². The third-order valence-corrected chi connectivity index (χ3v) is 11.0. The molecular formula is C39H35N3O4S3. The molecule has 4 aromatic carbocycles. The fourth-order valence-corrected chi connectivity index (χ4v) is 8.58. The van der Waals surface area contributed by atoms with Crippen LogP contribution in [-0.4, -0.2) is 29.9 Å². The predicted octanol–water partition coefficient (Wildman–Crippen LogP) is 9.29. The van der Waals surface area contributed by atoms with Gasteiger partial charge >= 0.3 is 5.97 Å². The summed E-state index contributed by atoms with van der Waals surface area (Å²) in [5, 5.41) is 9.79. The first-order valence-corrected chi connectivity index (χ1v) is 18.0. The molecule has 248 valence electrons. The molecule has 5 aromatic rings. The summed E-state index contributed by atoms with van der Waals surface area (Å²) in [6, 6.07) is 34.8. The number of thioether (sulfide) groups is 1. The van der Waals surface area contributed by atoms with Gasteiger partial charge in [-0.3, -0.25) is 9.59 Å². The van der Waals surface area contributed by atoms with Crippen LogP contribution in [0.25, 0.3) is 0 Å². The largest absolute Gasteiger partial charge is 0.465 e. The van der Waals surface area contributed by atoms with Crippen LogP contribution in [0.2, 0.25) is 0 Å². The molecule has 1 aliphatic rings. The molecule has 0 bridgehead atoms. The molecule has 10 heteroatoms. The van der Waals surface area contributed by atoms with Crippen molar-refractivity contribution in [3.63, 3.8) is 0 Å². The van der Waals surface area contributed by atoms with E-state index < -0.39 is 11.2 Å². The van der Waals surface area contributed by atoms with Gasteiger partial charge in [0.15, 0.2) is 10.9 Å². The van der Waals surface area contributed by atoms with Crippen molar-refractivity contribution in [2.24, 2.45) is 0 Å². The summed E-state index contributed by atoms with van der Waals surface area (Å²) in [6.45, 7) is 1.53. The van der Waals surface area contributed by atoms with Gasteiger partial charge in [0.1, 0.15) is 10.3 Å². The molecule has 49 heavy (non-hydrogen) atoms. The fraction of sp³-hybridized carbons (Fsp3) is 0.179. The van der Waals surface area contributed by atoms with Crippen molar-refractivity contribution >= 4 is 74.5 Å². The van der Waals surface area contributed by atoms with Gasteiger partial charge in [0.25, 0.3) is 0 Å². The maximum absolute atomic E-state index is 14.2. The first kappa shape index (κ1) is 34.1. The van der Waals surface area contributed by atoms with Crippen molar-refractivity contribution in [2.75, 3.05) is 23.1 Å². The first-order chi connectivity index (χ1) is 23.8. The van der Waals surface area contributed by atoms with E-state index in [4.69, 9.17) is 17.0 Å². The lowest BCUT2D eigenvalue weighted by atomic mass is 9.83. The van der Waals surface area contributed by atoms with E-state index in [1.165, 1.54) is 42.7 Å². The van der Waals surface area contributed by atoms with E-state index >= 15 is 0 Å². The summed E-state index contributed by atoms with van der Waals surface area (Å²) in [7, 11) is 1.38. The number of nitrogens with one attached hydrogen (secondary N) is 3. The highest BCUT2D eigenvalue weighted by Crippen LogP contribution is 2.44. The number of Topliss-reactive ketones (excluding diaryl/α,β-unsaturated/α-hetero) is 1. The SMILES string of the molecule is COC(=O)c1c(NC(=O)C(Sc2cccc(NC(=S)Nc3ccc(C(C)=O)cc3)c2)c2ccccc2)sc2c1CCC(c1ccccc1)C2.